The number of aryl methyl sites for hydroxylation is 1. The number of aromatic nitrogens is 1. The number of carbonyl (C=O) groups excluding carboxylic acids is 1. The van der Waals surface area contributed by atoms with Crippen molar-refractivity contribution >= 4 is 16.9 Å². The molecule has 0 aliphatic carbocycles. The van der Waals surface area contributed by atoms with Crippen LogP contribution < -0.4 is 0 Å². The molecule has 1 atom stereocenters. The number of furan rings is 1. The molecule has 2 aromatic heterocycles. The average molecular weight is 308 g/mol. The Hall–Kier alpha value is -2.49. The molecule has 0 bridgehead atoms. The van der Waals surface area contributed by atoms with E-state index in [0.29, 0.717) is 5.76 Å². The fourth-order valence-electron chi connectivity index (χ4n) is 3.55. The molecule has 1 aliphatic rings. The number of rotatable bonds is 2. The number of nitrogens with zero attached hydrogens (tertiary/aromatic N) is 2. The third kappa shape index (κ3) is 2.25. The van der Waals surface area contributed by atoms with Crippen LogP contribution in [0.25, 0.3) is 11.0 Å². The lowest BCUT2D eigenvalue weighted by molar-refractivity contribution is 0.0587. The fraction of sp³-hybridized carbons (Fsp3) is 0.316. The van der Waals surface area contributed by atoms with Crippen LogP contribution in [0.3, 0.4) is 0 Å². The quantitative estimate of drug-likeness (QED) is 0.713. The van der Waals surface area contributed by atoms with Crippen molar-refractivity contribution in [3.05, 3.63) is 59.6 Å². The molecule has 0 saturated carbocycles. The summed E-state index contributed by atoms with van der Waals surface area (Å²) in [5.41, 5.74) is 3.14. The van der Waals surface area contributed by atoms with Crippen molar-refractivity contribution in [1.29, 1.82) is 0 Å². The third-order valence-electron chi connectivity index (χ3n) is 4.69. The van der Waals surface area contributed by atoms with E-state index in [9.17, 15) is 4.79 Å². The van der Waals surface area contributed by atoms with Crippen LogP contribution in [-0.4, -0.2) is 21.9 Å². The zero-order valence-corrected chi connectivity index (χ0v) is 13.5. The Morgan fingerprint density at radius 3 is 2.96 bits per heavy atom. The van der Waals surface area contributed by atoms with Crippen molar-refractivity contribution in [2.24, 2.45) is 0 Å². The van der Waals surface area contributed by atoms with Gasteiger partial charge in [-0.05, 0) is 43.7 Å². The molecule has 0 N–H and O–H groups in total. The lowest BCUT2D eigenvalue weighted by Gasteiger charge is -2.36. The molecule has 0 fully saturated rings. The first-order chi connectivity index (χ1) is 11.2. The first-order valence-corrected chi connectivity index (χ1v) is 8.13. The van der Waals surface area contributed by atoms with Crippen LogP contribution >= 0.6 is 0 Å². The SMILES string of the molecule is CCC1c2cccn2CCN1C(=O)c1cc2cc(C)ccc2o1. The highest BCUT2D eigenvalue weighted by Crippen LogP contribution is 2.31. The minimum absolute atomic E-state index is 0.0156. The van der Waals surface area contributed by atoms with Crippen molar-refractivity contribution in [3.63, 3.8) is 0 Å². The Balaban J connectivity index is 1.70. The predicted octanol–water partition coefficient (Wildman–Crippen LogP) is 4.15. The molecule has 3 aromatic rings. The molecule has 4 rings (SSSR count). The Bertz CT molecular complexity index is 875. The first kappa shape index (κ1) is 14.1. The van der Waals surface area contributed by atoms with E-state index in [2.05, 4.69) is 29.8 Å². The molecule has 0 saturated heterocycles. The molecule has 23 heavy (non-hydrogen) atoms. The third-order valence-corrected chi connectivity index (χ3v) is 4.69. The number of amides is 1. The number of benzene rings is 1. The van der Waals surface area contributed by atoms with E-state index >= 15 is 0 Å². The van der Waals surface area contributed by atoms with Crippen molar-refractivity contribution in [2.45, 2.75) is 32.9 Å². The Kier molecular flexibility index (Phi) is 3.26. The molecular weight excluding hydrogens is 288 g/mol. The molecule has 1 aromatic carbocycles. The molecule has 3 heterocycles. The van der Waals surface area contributed by atoms with Gasteiger partial charge in [0.15, 0.2) is 5.76 Å². The van der Waals surface area contributed by atoms with Gasteiger partial charge in [-0.3, -0.25) is 4.79 Å². The molecule has 4 nitrogen and oxygen atoms in total. The van der Waals surface area contributed by atoms with Gasteiger partial charge in [-0.2, -0.15) is 0 Å². The number of fused-ring (bicyclic) bond motifs is 2. The Morgan fingerprint density at radius 1 is 1.26 bits per heavy atom. The molecule has 0 spiro atoms. The van der Waals surface area contributed by atoms with Crippen LogP contribution in [0.1, 0.15) is 41.2 Å². The topological polar surface area (TPSA) is 38.4 Å². The van der Waals surface area contributed by atoms with E-state index in [1.807, 2.05) is 36.1 Å². The lowest BCUT2D eigenvalue weighted by Crippen LogP contribution is -2.41. The summed E-state index contributed by atoms with van der Waals surface area (Å²) in [6.07, 6.45) is 2.98. The molecule has 118 valence electrons. The van der Waals surface area contributed by atoms with E-state index in [1.54, 1.807) is 0 Å². The van der Waals surface area contributed by atoms with Crippen LogP contribution in [0.4, 0.5) is 0 Å². The van der Waals surface area contributed by atoms with Gasteiger partial charge >= 0.3 is 0 Å². The van der Waals surface area contributed by atoms with Crippen molar-refractivity contribution < 1.29 is 9.21 Å². The van der Waals surface area contributed by atoms with E-state index in [1.165, 1.54) is 11.3 Å². The van der Waals surface area contributed by atoms with Gasteiger partial charge in [0.1, 0.15) is 5.58 Å². The maximum Gasteiger partial charge on any atom is 0.290 e. The second kappa shape index (κ2) is 5.30. The molecule has 0 radical (unpaired) electrons. The molecule has 4 heteroatoms. The van der Waals surface area contributed by atoms with E-state index in [4.69, 9.17) is 4.42 Å². The maximum atomic E-state index is 13.0. The normalized spacial score (nSPS) is 17.5. The van der Waals surface area contributed by atoms with Gasteiger partial charge in [0.25, 0.3) is 5.91 Å². The highest BCUT2D eigenvalue weighted by molar-refractivity contribution is 5.96. The van der Waals surface area contributed by atoms with Gasteiger partial charge in [-0.25, -0.2) is 0 Å². The van der Waals surface area contributed by atoms with E-state index in [-0.39, 0.29) is 11.9 Å². The fourth-order valence-corrected chi connectivity index (χ4v) is 3.55. The number of carbonyl (C=O) groups is 1. The van der Waals surface area contributed by atoms with Crippen molar-refractivity contribution in [2.75, 3.05) is 6.54 Å². The van der Waals surface area contributed by atoms with Gasteiger partial charge < -0.3 is 13.9 Å². The van der Waals surface area contributed by atoms with Crippen LogP contribution in [0.15, 0.2) is 47.0 Å². The van der Waals surface area contributed by atoms with E-state index < -0.39 is 0 Å². The van der Waals surface area contributed by atoms with Crippen molar-refractivity contribution in [1.82, 2.24) is 9.47 Å². The predicted molar refractivity (Wildman–Crippen MR) is 89.5 cm³/mol. The second-order valence-electron chi connectivity index (χ2n) is 6.20. The smallest absolute Gasteiger partial charge is 0.290 e. The average Bonchev–Trinajstić information content (AvgIpc) is 3.18. The van der Waals surface area contributed by atoms with Gasteiger partial charge in [-0.1, -0.05) is 18.6 Å². The van der Waals surface area contributed by atoms with Gasteiger partial charge in [0, 0.05) is 30.4 Å². The summed E-state index contributed by atoms with van der Waals surface area (Å²) in [4.78, 5) is 14.9. The van der Waals surface area contributed by atoms with Crippen LogP contribution in [0.2, 0.25) is 0 Å². The minimum atomic E-state index is -0.0156. The van der Waals surface area contributed by atoms with Crippen molar-refractivity contribution in [3.8, 4) is 0 Å². The van der Waals surface area contributed by atoms with E-state index in [0.717, 1.165) is 30.5 Å². The summed E-state index contributed by atoms with van der Waals surface area (Å²) in [6.45, 7) is 5.72. The Morgan fingerprint density at radius 2 is 2.13 bits per heavy atom. The number of hydrogen-bond donors (Lipinski definition) is 0. The minimum Gasteiger partial charge on any atom is -0.451 e. The maximum absolute atomic E-state index is 13.0. The zero-order chi connectivity index (χ0) is 16.0. The van der Waals surface area contributed by atoms with Gasteiger partial charge in [0.05, 0.1) is 6.04 Å². The first-order valence-electron chi connectivity index (χ1n) is 8.13. The summed E-state index contributed by atoms with van der Waals surface area (Å²) in [7, 11) is 0. The summed E-state index contributed by atoms with van der Waals surface area (Å²) in [6, 6.07) is 12.1. The summed E-state index contributed by atoms with van der Waals surface area (Å²) >= 11 is 0. The molecule has 1 amide bonds. The van der Waals surface area contributed by atoms with Gasteiger partial charge in [-0.15, -0.1) is 0 Å². The summed E-state index contributed by atoms with van der Waals surface area (Å²) in [5, 5.41) is 0.988. The van der Waals surface area contributed by atoms with Crippen LogP contribution in [0, 0.1) is 6.92 Å². The Labute approximate surface area is 135 Å². The molecular formula is C19H20N2O2. The summed E-state index contributed by atoms with van der Waals surface area (Å²) in [5.74, 6) is 0.419. The molecule has 1 unspecified atom stereocenters. The molecule has 1 aliphatic heterocycles. The number of hydrogen-bond acceptors (Lipinski definition) is 2. The van der Waals surface area contributed by atoms with Gasteiger partial charge in [0.2, 0.25) is 0 Å². The second-order valence-corrected chi connectivity index (χ2v) is 6.20. The monoisotopic (exact) mass is 308 g/mol. The van der Waals surface area contributed by atoms with Crippen LogP contribution in [-0.2, 0) is 6.54 Å². The highest BCUT2D eigenvalue weighted by Gasteiger charge is 2.31. The lowest BCUT2D eigenvalue weighted by atomic mass is 10.1. The van der Waals surface area contributed by atoms with Crippen LogP contribution in [0.5, 0.6) is 0 Å². The zero-order valence-electron chi connectivity index (χ0n) is 13.5. The largest absolute Gasteiger partial charge is 0.451 e. The standard InChI is InChI=1S/C19H20N2O2/c1-3-15-16-5-4-8-20(16)9-10-21(15)19(22)18-12-14-11-13(2)6-7-17(14)23-18/h4-8,11-12,15H,3,9-10H2,1-2H3. The summed E-state index contributed by atoms with van der Waals surface area (Å²) < 4.78 is 8.04. The highest BCUT2D eigenvalue weighted by atomic mass is 16.3.